The van der Waals surface area contributed by atoms with Gasteiger partial charge in [-0.15, -0.1) is 0 Å². The van der Waals surface area contributed by atoms with Gasteiger partial charge in [0.25, 0.3) is 0 Å². The molecule has 0 fully saturated rings. The first-order valence-corrected chi connectivity index (χ1v) is 9.12. The molecule has 0 saturated carbocycles. The van der Waals surface area contributed by atoms with E-state index >= 15 is 0 Å². The van der Waals surface area contributed by atoms with Crippen LogP contribution in [-0.4, -0.2) is 30.2 Å². The lowest BCUT2D eigenvalue weighted by Crippen LogP contribution is -2.43. The number of hydrogen-bond acceptors (Lipinski definition) is 6. The topological polar surface area (TPSA) is 111 Å². The molecule has 1 aromatic heterocycles. The summed E-state index contributed by atoms with van der Waals surface area (Å²) in [6.07, 6.45) is -0.621. The zero-order chi connectivity index (χ0) is 20.1. The Kier molecular flexibility index (Phi) is 6.15. The largest absolute Gasteiger partial charge is 0.467 e. The number of amides is 1. The second-order valence-corrected chi connectivity index (χ2v) is 6.81. The van der Waals surface area contributed by atoms with Crippen molar-refractivity contribution < 1.29 is 23.5 Å². The van der Waals surface area contributed by atoms with Gasteiger partial charge in [-0.3, -0.25) is 4.98 Å². The molecule has 0 bridgehead atoms. The number of alkyl carbamates (subject to hydrolysis) is 1. The Morgan fingerprint density at radius 1 is 1.21 bits per heavy atom. The van der Waals surface area contributed by atoms with Gasteiger partial charge in [-0.2, -0.15) is 0 Å². The number of ether oxygens (including phenoxy) is 2. The minimum Gasteiger partial charge on any atom is -0.467 e. The zero-order valence-corrected chi connectivity index (χ0v) is 16.4. The standard InChI is InChI=1S/C19H17BrN2O6/c1-26-17(23)14(21-18(24)27-10-11-5-3-2-4-6-11)8-12-7-13(20)16-15(9-12)28-19(25)22-16/h2-7,9,14H,8,10H2,1H3,(H,21,24)(H,22,25). The lowest BCUT2D eigenvalue weighted by atomic mass is 10.1. The smallest absolute Gasteiger partial charge is 0.417 e. The predicted molar refractivity (Wildman–Crippen MR) is 104 cm³/mol. The summed E-state index contributed by atoms with van der Waals surface area (Å²) in [5, 5.41) is 2.51. The van der Waals surface area contributed by atoms with Crippen molar-refractivity contribution >= 4 is 39.1 Å². The Balaban J connectivity index is 1.70. The van der Waals surface area contributed by atoms with Gasteiger partial charge in [-0.25, -0.2) is 14.4 Å². The molecule has 1 atom stereocenters. The summed E-state index contributed by atoms with van der Waals surface area (Å²) in [7, 11) is 1.23. The number of aromatic nitrogens is 1. The van der Waals surface area contributed by atoms with E-state index in [2.05, 4.69) is 26.2 Å². The Morgan fingerprint density at radius 2 is 1.96 bits per heavy atom. The molecule has 0 aliphatic heterocycles. The molecular formula is C19H17BrN2O6. The number of H-pyrrole nitrogens is 1. The van der Waals surface area contributed by atoms with Crippen molar-refractivity contribution in [3.05, 3.63) is 68.6 Å². The molecule has 8 nitrogen and oxygen atoms in total. The Hall–Kier alpha value is -3.07. The van der Waals surface area contributed by atoms with Gasteiger partial charge in [-0.1, -0.05) is 30.3 Å². The number of aromatic amines is 1. The van der Waals surface area contributed by atoms with Gasteiger partial charge in [0.1, 0.15) is 18.2 Å². The van der Waals surface area contributed by atoms with Crippen LogP contribution in [0.5, 0.6) is 0 Å². The van der Waals surface area contributed by atoms with E-state index in [9.17, 15) is 14.4 Å². The summed E-state index contributed by atoms with van der Waals surface area (Å²) in [6, 6.07) is 11.5. The minimum absolute atomic E-state index is 0.0760. The zero-order valence-electron chi connectivity index (χ0n) is 14.9. The van der Waals surface area contributed by atoms with Crippen LogP contribution in [0.25, 0.3) is 11.1 Å². The first-order valence-electron chi connectivity index (χ1n) is 8.32. The third kappa shape index (κ3) is 4.80. The molecule has 0 saturated heterocycles. The van der Waals surface area contributed by atoms with Crippen LogP contribution in [0.3, 0.4) is 0 Å². The SMILES string of the molecule is COC(=O)C(Cc1cc(Br)c2[nH]c(=O)oc2c1)NC(=O)OCc1ccccc1. The summed E-state index contributed by atoms with van der Waals surface area (Å²) >= 11 is 3.35. The molecule has 28 heavy (non-hydrogen) atoms. The first kappa shape index (κ1) is 19.7. The summed E-state index contributed by atoms with van der Waals surface area (Å²) in [5.74, 6) is -1.21. The van der Waals surface area contributed by atoms with E-state index in [1.165, 1.54) is 7.11 Å². The molecule has 0 aliphatic carbocycles. The maximum atomic E-state index is 12.1. The van der Waals surface area contributed by atoms with Crippen molar-refractivity contribution in [3.8, 4) is 0 Å². The quantitative estimate of drug-likeness (QED) is 0.560. The summed E-state index contributed by atoms with van der Waals surface area (Å²) in [6.45, 7) is 0.0760. The molecule has 146 valence electrons. The maximum absolute atomic E-state index is 12.1. The number of rotatable bonds is 6. The number of benzene rings is 2. The fourth-order valence-electron chi connectivity index (χ4n) is 2.66. The predicted octanol–water partition coefficient (Wildman–Crippen LogP) is 2.89. The van der Waals surface area contributed by atoms with Crippen molar-refractivity contribution in [1.29, 1.82) is 0 Å². The van der Waals surface area contributed by atoms with E-state index in [1.54, 1.807) is 12.1 Å². The molecule has 0 aliphatic rings. The molecule has 3 aromatic rings. The maximum Gasteiger partial charge on any atom is 0.417 e. The van der Waals surface area contributed by atoms with Crippen molar-refractivity contribution in [2.45, 2.75) is 19.1 Å². The number of methoxy groups -OCH3 is 1. The number of oxazole rings is 1. The van der Waals surface area contributed by atoms with Crippen LogP contribution in [0, 0.1) is 0 Å². The van der Waals surface area contributed by atoms with Crippen molar-refractivity contribution in [2.24, 2.45) is 0 Å². The molecule has 1 heterocycles. The molecule has 9 heteroatoms. The Bertz CT molecular complexity index is 1040. The molecule has 2 aromatic carbocycles. The van der Waals surface area contributed by atoms with E-state index in [0.717, 1.165) is 5.56 Å². The van der Waals surface area contributed by atoms with Crippen LogP contribution in [0.2, 0.25) is 0 Å². The fraction of sp³-hybridized carbons (Fsp3) is 0.211. The van der Waals surface area contributed by atoms with Gasteiger partial charge in [0.2, 0.25) is 0 Å². The molecule has 0 spiro atoms. The highest BCUT2D eigenvalue weighted by Crippen LogP contribution is 2.24. The van der Waals surface area contributed by atoms with Crippen LogP contribution in [0.15, 0.2) is 56.1 Å². The second kappa shape index (κ2) is 8.75. The lowest BCUT2D eigenvalue weighted by molar-refractivity contribution is -0.143. The number of carbonyl (C=O) groups excluding carboxylic acids is 2. The number of carbonyl (C=O) groups is 2. The van der Waals surface area contributed by atoms with E-state index in [-0.39, 0.29) is 13.0 Å². The van der Waals surface area contributed by atoms with Crippen LogP contribution < -0.4 is 11.1 Å². The average molecular weight is 449 g/mol. The second-order valence-electron chi connectivity index (χ2n) is 5.95. The highest BCUT2D eigenvalue weighted by molar-refractivity contribution is 9.10. The summed E-state index contributed by atoms with van der Waals surface area (Å²) in [5.41, 5.74) is 2.33. The molecule has 2 N–H and O–H groups in total. The van der Waals surface area contributed by atoms with E-state index in [0.29, 0.717) is 21.1 Å². The number of hydrogen-bond donors (Lipinski definition) is 2. The number of fused-ring (bicyclic) bond motifs is 1. The highest BCUT2D eigenvalue weighted by atomic mass is 79.9. The highest BCUT2D eigenvalue weighted by Gasteiger charge is 2.23. The first-order chi connectivity index (χ1) is 13.5. The lowest BCUT2D eigenvalue weighted by Gasteiger charge is -2.17. The van der Waals surface area contributed by atoms with Gasteiger partial charge in [0.15, 0.2) is 5.58 Å². The van der Waals surface area contributed by atoms with Crippen LogP contribution in [0.4, 0.5) is 4.79 Å². The molecule has 3 rings (SSSR count). The van der Waals surface area contributed by atoms with E-state index in [1.807, 2.05) is 30.3 Å². The molecule has 0 radical (unpaired) electrons. The van der Waals surface area contributed by atoms with Gasteiger partial charge < -0.3 is 19.2 Å². The average Bonchev–Trinajstić information content (AvgIpc) is 3.07. The van der Waals surface area contributed by atoms with Gasteiger partial charge in [0.05, 0.1) is 7.11 Å². The van der Waals surface area contributed by atoms with Crippen LogP contribution in [-0.2, 0) is 27.3 Å². The van der Waals surface area contributed by atoms with Gasteiger partial charge >= 0.3 is 17.8 Å². The molecule has 1 unspecified atom stereocenters. The molecule has 1 amide bonds. The van der Waals surface area contributed by atoms with Crippen molar-refractivity contribution in [3.63, 3.8) is 0 Å². The molecular weight excluding hydrogens is 432 g/mol. The van der Waals surface area contributed by atoms with Crippen molar-refractivity contribution in [1.82, 2.24) is 10.3 Å². The third-order valence-corrected chi connectivity index (χ3v) is 4.60. The summed E-state index contributed by atoms with van der Waals surface area (Å²) < 4.78 is 15.6. The normalized spacial score (nSPS) is 11.8. The van der Waals surface area contributed by atoms with E-state index < -0.39 is 23.9 Å². The van der Waals surface area contributed by atoms with Gasteiger partial charge in [0, 0.05) is 10.9 Å². The number of nitrogens with one attached hydrogen (secondary N) is 2. The minimum atomic E-state index is -0.969. The number of esters is 1. The number of halogens is 1. The summed E-state index contributed by atoms with van der Waals surface area (Å²) in [4.78, 5) is 38.1. The monoisotopic (exact) mass is 448 g/mol. The third-order valence-electron chi connectivity index (χ3n) is 3.97. The Labute approximate surface area is 168 Å². The van der Waals surface area contributed by atoms with Gasteiger partial charge in [-0.05, 0) is 39.2 Å². The van der Waals surface area contributed by atoms with Crippen LogP contribution >= 0.6 is 15.9 Å². The Morgan fingerprint density at radius 3 is 2.68 bits per heavy atom. The van der Waals surface area contributed by atoms with Crippen LogP contribution in [0.1, 0.15) is 11.1 Å². The fourth-order valence-corrected chi connectivity index (χ4v) is 3.25. The van der Waals surface area contributed by atoms with E-state index in [4.69, 9.17) is 13.9 Å². The van der Waals surface area contributed by atoms with Crippen molar-refractivity contribution in [2.75, 3.05) is 7.11 Å².